The van der Waals surface area contributed by atoms with Crippen molar-refractivity contribution in [2.75, 3.05) is 19.5 Å². The molecule has 256 valence electrons. The number of ether oxygens (including phenoxy) is 2. The van der Waals surface area contributed by atoms with E-state index in [1.165, 1.54) is 19.8 Å². The Balaban J connectivity index is 1.56. The van der Waals surface area contributed by atoms with Crippen LogP contribution in [0.25, 0.3) is 0 Å². The maximum atomic E-state index is 13.2. The van der Waals surface area contributed by atoms with E-state index in [4.69, 9.17) is 9.47 Å². The quantitative estimate of drug-likeness (QED) is 0.182. The standard InChI is InChI=1S/C40H50N2O6/c1-9-39(5,10-2)29-20-16-25(17-21-29)31-33(37(45)47-7)32(34(31)38(46)48-8)26-18-22-30(23-19-26)41-35(43)27-14-13-15-28(24-27)36(44)42-40(6,11-3)12-4/h13-24,31-34H,9-12H2,1-8H3,(H,41,43)(H,42,44). The highest BCUT2D eigenvalue weighted by molar-refractivity contribution is 6.06. The average molecular weight is 655 g/mol. The molecule has 1 fully saturated rings. The van der Waals surface area contributed by atoms with Crippen molar-refractivity contribution < 1.29 is 28.7 Å². The zero-order valence-electron chi connectivity index (χ0n) is 29.5. The molecule has 8 nitrogen and oxygen atoms in total. The minimum absolute atomic E-state index is 0.0458. The monoisotopic (exact) mass is 654 g/mol. The SMILES string of the molecule is CCC(C)(CC)NC(=O)c1cccc(C(=O)Nc2ccc(C3C(C(=O)OC)C(c4ccc(C(C)(CC)CC)cc4)C3C(=O)OC)cc2)c1. The van der Waals surface area contributed by atoms with Crippen LogP contribution in [0, 0.1) is 11.8 Å². The van der Waals surface area contributed by atoms with Gasteiger partial charge in [0.05, 0.1) is 26.1 Å². The van der Waals surface area contributed by atoms with Gasteiger partial charge in [0.2, 0.25) is 0 Å². The van der Waals surface area contributed by atoms with E-state index in [2.05, 4.69) is 43.5 Å². The minimum Gasteiger partial charge on any atom is -0.469 e. The van der Waals surface area contributed by atoms with Gasteiger partial charge in [0.15, 0.2) is 0 Å². The van der Waals surface area contributed by atoms with Crippen LogP contribution in [0.3, 0.4) is 0 Å². The Kier molecular flexibility index (Phi) is 11.5. The molecular formula is C40H50N2O6. The van der Waals surface area contributed by atoms with Crippen LogP contribution in [0.1, 0.15) is 116 Å². The van der Waals surface area contributed by atoms with Gasteiger partial charge in [0, 0.05) is 34.2 Å². The van der Waals surface area contributed by atoms with Crippen LogP contribution in [-0.4, -0.2) is 43.5 Å². The number of hydrogen-bond acceptors (Lipinski definition) is 6. The average Bonchev–Trinajstić information content (AvgIpc) is 3.11. The van der Waals surface area contributed by atoms with E-state index in [0.29, 0.717) is 16.8 Å². The first-order chi connectivity index (χ1) is 22.9. The molecule has 48 heavy (non-hydrogen) atoms. The summed E-state index contributed by atoms with van der Waals surface area (Å²) in [4.78, 5) is 52.6. The zero-order valence-corrected chi connectivity index (χ0v) is 29.5. The molecule has 2 atom stereocenters. The molecule has 0 bridgehead atoms. The lowest BCUT2D eigenvalue weighted by Gasteiger charge is -2.49. The van der Waals surface area contributed by atoms with E-state index in [-0.39, 0.29) is 34.7 Å². The third-order valence-corrected chi connectivity index (χ3v) is 11.0. The Morgan fingerprint density at radius 2 is 1.10 bits per heavy atom. The van der Waals surface area contributed by atoms with E-state index in [0.717, 1.165) is 36.8 Å². The molecule has 2 unspecified atom stereocenters. The van der Waals surface area contributed by atoms with Gasteiger partial charge in [-0.2, -0.15) is 0 Å². The lowest BCUT2D eigenvalue weighted by Crippen LogP contribution is -2.51. The number of carbonyl (C=O) groups excluding carboxylic acids is 4. The molecule has 1 aliphatic rings. The van der Waals surface area contributed by atoms with Crippen molar-refractivity contribution >= 4 is 29.4 Å². The summed E-state index contributed by atoms with van der Waals surface area (Å²) in [5.41, 5.74) is 3.90. The largest absolute Gasteiger partial charge is 0.469 e. The summed E-state index contributed by atoms with van der Waals surface area (Å²) in [7, 11) is 2.73. The number of anilines is 1. The molecule has 1 saturated carbocycles. The zero-order chi connectivity index (χ0) is 35.2. The highest BCUT2D eigenvalue weighted by Gasteiger charge is 2.59. The molecular weight excluding hydrogens is 604 g/mol. The van der Waals surface area contributed by atoms with Gasteiger partial charge in [-0.3, -0.25) is 19.2 Å². The van der Waals surface area contributed by atoms with Gasteiger partial charge in [-0.05, 0) is 85.0 Å². The van der Waals surface area contributed by atoms with Crippen molar-refractivity contribution in [1.29, 1.82) is 0 Å². The maximum absolute atomic E-state index is 13.2. The Morgan fingerprint density at radius 1 is 0.646 bits per heavy atom. The van der Waals surface area contributed by atoms with E-state index in [9.17, 15) is 19.2 Å². The molecule has 0 spiro atoms. The van der Waals surface area contributed by atoms with Crippen LogP contribution < -0.4 is 10.6 Å². The van der Waals surface area contributed by atoms with Crippen LogP contribution in [0.2, 0.25) is 0 Å². The summed E-state index contributed by atoms with van der Waals surface area (Å²) >= 11 is 0. The lowest BCUT2D eigenvalue weighted by atomic mass is 9.52. The Hall–Kier alpha value is -4.46. The molecule has 4 rings (SSSR count). The third-order valence-electron chi connectivity index (χ3n) is 11.0. The Morgan fingerprint density at radius 3 is 1.54 bits per heavy atom. The van der Waals surface area contributed by atoms with E-state index >= 15 is 0 Å². The van der Waals surface area contributed by atoms with E-state index in [1.54, 1.807) is 36.4 Å². The molecule has 8 heteroatoms. The van der Waals surface area contributed by atoms with Gasteiger partial charge < -0.3 is 20.1 Å². The highest BCUT2D eigenvalue weighted by Crippen LogP contribution is 2.58. The van der Waals surface area contributed by atoms with Gasteiger partial charge in [-0.15, -0.1) is 0 Å². The van der Waals surface area contributed by atoms with Crippen molar-refractivity contribution in [3.63, 3.8) is 0 Å². The molecule has 0 heterocycles. The number of hydrogen-bond donors (Lipinski definition) is 2. The number of carbonyl (C=O) groups is 4. The summed E-state index contributed by atoms with van der Waals surface area (Å²) < 4.78 is 10.5. The highest BCUT2D eigenvalue weighted by atomic mass is 16.5. The topological polar surface area (TPSA) is 111 Å². The van der Waals surface area contributed by atoms with Gasteiger partial charge in [0.1, 0.15) is 0 Å². The predicted octanol–water partition coefficient (Wildman–Crippen LogP) is 7.78. The molecule has 1 aliphatic carbocycles. The second-order valence-corrected chi connectivity index (χ2v) is 13.4. The second kappa shape index (κ2) is 15.2. The molecule has 2 amide bonds. The third kappa shape index (κ3) is 7.33. The first kappa shape index (κ1) is 36.4. The van der Waals surface area contributed by atoms with Crippen molar-refractivity contribution in [2.45, 2.75) is 90.0 Å². The van der Waals surface area contributed by atoms with Crippen molar-refractivity contribution in [1.82, 2.24) is 5.32 Å². The molecule has 0 aromatic heterocycles. The summed E-state index contributed by atoms with van der Waals surface area (Å²) in [6, 6.07) is 22.0. The van der Waals surface area contributed by atoms with Crippen LogP contribution >= 0.6 is 0 Å². The van der Waals surface area contributed by atoms with Crippen molar-refractivity contribution in [3.05, 3.63) is 101 Å². The van der Waals surface area contributed by atoms with E-state index in [1.807, 2.05) is 45.0 Å². The minimum atomic E-state index is -0.592. The Bertz CT molecular complexity index is 1580. The maximum Gasteiger partial charge on any atom is 0.309 e. The number of rotatable bonds is 13. The fourth-order valence-corrected chi connectivity index (χ4v) is 6.77. The fourth-order valence-electron chi connectivity index (χ4n) is 6.77. The van der Waals surface area contributed by atoms with Gasteiger partial charge in [-0.1, -0.05) is 77.1 Å². The summed E-state index contributed by atoms with van der Waals surface area (Å²) in [5.74, 6) is -3.43. The number of amides is 2. The van der Waals surface area contributed by atoms with E-state index < -0.39 is 23.7 Å². The van der Waals surface area contributed by atoms with Crippen LogP contribution in [0.15, 0.2) is 72.8 Å². The second-order valence-electron chi connectivity index (χ2n) is 13.4. The molecule has 3 aromatic rings. The summed E-state index contributed by atoms with van der Waals surface area (Å²) in [6.45, 7) is 12.7. The first-order valence-corrected chi connectivity index (χ1v) is 17.0. The first-order valence-electron chi connectivity index (χ1n) is 17.0. The normalized spacial score (nSPS) is 19.1. The summed E-state index contributed by atoms with van der Waals surface area (Å²) in [5, 5.41) is 5.97. The van der Waals surface area contributed by atoms with Crippen molar-refractivity contribution in [2.24, 2.45) is 11.8 Å². The van der Waals surface area contributed by atoms with Crippen molar-refractivity contribution in [3.8, 4) is 0 Å². The van der Waals surface area contributed by atoms with Crippen LogP contribution in [0.4, 0.5) is 5.69 Å². The lowest BCUT2D eigenvalue weighted by molar-refractivity contribution is -0.164. The van der Waals surface area contributed by atoms with Gasteiger partial charge in [0.25, 0.3) is 11.8 Å². The number of methoxy groups -OCH3 is 2. The Labute approximate surface area is 285 Å². The number of nitrogens with one attached hydrogen (secondary N) is 2. The fraction of sp³-hybridized carbons (Fsp3) is 0.450. The smallest absolute Gasteiger partial charge is 0.309 e. The molecule has 0 saturated heterocycles. The molecule has 3 aromatic carbocycles. The van der Waals surface area contributed by atoms with Gasteiger partial charge >= 0.3 is 11.9 Å². The van der Waals surface area contributed by atoms with Crippen LogP contribution in [0.5, 0.6) is 0 Å². The number of benzene rings is 3. The molecule has 0 radical (unpaired) electrons. The number of esters is 2. The predicted molar refractivity (Wildman–Crippen MR) is 188 cm³/mol. The molecule has 0 aliphatic heterocycles. The molecule has 2 N–H and O–H groups in total. The summed E-state index contributed by atoms with van der Waals surface area (Å²) in [6.07, 6.45) is 3.58. The van der Waals surface area contributed by atoms with Crippen LogP contribution in [-0.2, 0) is 24.5 Å². The van der Waals surface area contributed by atoms with Gasteiger partial charge in [-0.25, -0.2) is 0 Å².